The fourth-order valence-corrected chi connectivity index (χ4v) is 2.16. The van der Waals surface area contributed by atoms with Crippen molar-refractivity contribution in [2.45, 2.75) is 33.1 Å². The van der Waals surface area contributed by atoms with Crippen LogP contribution in [0.3, 0.4) is 0 Å². The minimum Gasteiger partial charge on any atom is -0.490 e. The average molecular weight is 266 g/mol. The lowest BCUT2D eigenvalue weighted by atomic mass is 10.2. The van der Waals surface area contributed by atoms with Crippen molar-refractivity contribution < 1.29 is 9.13 Å². The summed E-state index contributed by atoms with van der Waals surface area (Å²) in [4.78, 5) is 2.21. The van der Waals surface area contributed by atoms with Crippen molar-refractivity contribution >= 4 is 11.4 Å². The highest BCUT2D eigenvalue weighted by Gasteiger charge is 2.25. The first kappa shape index (κ1) is 14.0. The average Bonchev–Trinajstić information content (AvgIpc) is 3.19. The molecular formula is C15H23FN2O. The highest BCUT2D eigenvalue weighted by atomic mass is 19.1. The van der Waals surface area contributed by atoms with Gasteiger partial charge in [0.2, 0.25) is 0 Å². The third-order valence-electron chi connectivity index (χ3n) is 3.44. The zero-order valence-electron chi connectivity index (χ0n) is 11.8. The normalized spacial score (nSPS) is 14.5. The number of benzene rings is 1. The molecule has 4 heteroatoms. The summed E-state index contributed by atoms with van der Waals surface area (Å²) in [6, 6.07) is 3.11. The Morgan fingerprint density at radius 1 is 1.37 bits per heavy atom. The molecule has 0 amide bonds. The monoisotopic (exact) mass is 266 g/mol. The molecule has 1 aliphatic carbocycles. The number of nitrogens with zero attached hydrogens (tertiary/aromatic N) is 1. The standard InChI is InChI=1S/C15H23FN2O/c1-3-7-19-15-9-14(13(17)8-12(15)16)18(4-2)10-11-5-6-11/h8-9,11H,3-7,10,17H2,1-2H3. The number of hydrogen-bond acceptors (Lipinski definition) is 3. The molecule has 0 atom stereocenters. The van der Waals surface area contributed by atoms with Crippen LogP contribution < -0.4 is 15.4 Å². The maximum atomic E-state index is 13.8. The van der Waals surface area contributed by atoms with Crippen molar-refractivity contribution in [2.24, 2.45) is 5.92 Å². The molecule has 1 fully saturated rings. The van der Waals surface area contributed by atoms with E-state index in [0.29, 0.717) is 18.0 Å². The fourth-order valence-electron chi connectivity index (χ4n) is 2.16. The predicted molar refractivity (Wildman–Crippen MR) is 77.2 cm³/mol. The van der Waals surface area contributed by atoms with Crippen molar-refractivity contribution in [3.63, 3.8) is 0 Å². The Morgan fingerprint density at radius 2 is 2.11 bits per heavy atom. The molecule has 0 saturated heterocycles. The van der Waals surface area contributed by atoms with Gasteiger partial charge in [0.15, 0.2) is 11.6 Å². The molecule has 0 aliphatic heterocycles. The van der Waals surface area contributed by atoms with Crippen molar-refractivity contribution in [3.8, 4) is 5.75 Å². The molecular weight excluding hydrogens is 243 g/mol. The lowest BCUT2D eigenvalue weighted by Gasteiger charge is -2.25. The van der Waals surface area contributed by atoms with Gasteiger partial charge in [-0.3, -0.25) is 0 Å². The van der Waals surface area contributed by atoms with Crippen LogP contribution in [0.4, 0.5) is 15.8 Å². The number of ether oxygens (including phenoxy) is 1. The molecule has 1 aromatic rings. The van der Waals surface area contributed by atoms with E-state index in [-0.39, 0.29) is 5.82 Å². The minimum absolute atomic E-state index is 0.306. The van der Waals surface area contributed by atoms with E-state index in [1.165, 1.54) is 18.9 Å². The Morgan fingerprint density at radius 3 is 2.68 bits per heavy atom. The largest absolute Gasteiger partial charge is 0.490 e. The van der Waals surface area contributed by atoms with Gasteiger partial charge in [0.25, 0.3) is 0 Å². The number of nitrogen functional groups attached to an aromatic ring is 1. The second-order valence-corrected chi connectivity index (χ2v) is 5.17. The summed E-state index contributed by atoms with van der Waals surface area (Å²) in [6.07, 6.45) is 3.44. The van der Waals surface area contributed by atoms with Crippen LogP contribution in [0.2, 0.25) is 0 Å². The van der Waals surface area contributed by atoms with Gasteiger partial charge < -0.3 is 15.4 Å². The Labute approximate surface area is 114 Å². The molecule has 2 rings (SSSR count). The summed E-state index contributed by atoms with van der Waals surface area (Å²) in [5, 5.41) is 0. The van der Waals surface area contributed by atoms with E-state index >= 15 is 0 Å². The zero-order chi connectivity index (χ0) is 13.8. The SMILES string of the molecule is CCCOc1cc(N(CC)CC2CC2)c(N)cc1F. The van der Waals surface area contributed by atoms with E-state index in [1.54, 1.807) is 6.07 Å². The van der Waals surface area contributed by atoms with Crippen LogP contribution in [0.25, 0.3) is 0 Å². The van der Waals surface area contributed by atoms with Crippen LogP contribution in [-0.4, -0.2) is 19.7 Å². The molecule has 2 N–H and O–H groups in total. The Balaban J connectivity index is 2.20. The van der Waals surface area contributed by atoms with Gasteiger partial charge in [-0.1, -0.05) is 6.92 Å². The molecule has 106 valence electrons. The first-order valence-electron chi connectivity index (χ1n) is 7.12. The maximum absolute atomic E-state index is 13.8. The molecule has 0 unspecified atom stereocenters. The summed E-state index contributed by atoms with van der Waals surface area (Å²) in [5.74, 6) is 0.696. The molecule has 0 spiro atoms. The highest BCUT2D eigenvalue weighted by molar-refractivity contribution is 5.70. The van der Waals surface area contributed by atoms with Crippen molar-refractivity contribution in [1.82, 2.24) is 0 Å². The molecule has 0 radical (unpaired) electrons. The second-order valence-electron chi connectivity index (χ2n) is 5.17. The van der Waals surface area contributed by atoms with E-state index in [2.05, 4.69) is 11.8 Å². The van der Waals surface area contributed by atoms with Crippen LogP contribution in [0.1, 0.15) is 33.1 Å². The Hall–Kier alpha value is -1.45. The number of hydrogen-bond donors (Lipinski definition) is 1. The number of nitrogens with two attached hydrogens (primary N) is 1. The topological polar surface area (TPSA) is 38.5 Å². The smallest absolute Gasteiger partial charge is 0.167 e. The lowest BCUT2D eigenvalue weighted by Crippen LogP contribution is -2.26. The summed E-state index contributed by atoms with van der Waals surface area (Å²) < 4.78 is 19.2. The third-order valence-corrected chi connectivity index (χ3v) is 3.44. The van der Waals surface area contributed by atoms with Crippen molar-refractivity contribution in [2.75, 3.05) is 30.3 Å². The maximum Gasteiger partial charge on any atom is 0.167 e. The van der Waals surface area contributed by atoms with Crippen LogP contribution in [0.5, 0.6) is 5.75 Å². The molecule has 0 heterocycles. The van der Waals surface area contributed by atoms with E-state index in [4.69, 9.17) is 10.5 Å². The van der Waals surface area contributed by atoms with Gasteiger partial charge >= 0.3 is 0 Å². The lowest BCUT2D eigenvalue weighted by molar-refractivity contribution is 0.301. The summed E-state index contributed by atoms with van der Waals surface area (Å²) >= 11 is 0. The summed E-state index contributed by atoms with van der Waals surface area (Å²) in [5.41, 5.74) is 7.33. The second kappa shape index (κ2) is 6.13. The summed E-state index contributed by atoms with van der Waals surface area (Å²) in [7, 11) is 0. The Kier molecular flexibility index (Phi) is 4.51. The van der Waals surface area contributed by atoms with Gasteiger partial charge in [-0.2, -0.15) is 0 Å². The zero-order valence-corrected chi connectivity index (χ0v) is 11.8. The Bertz CT molecular complexity index is 432. The van der Waals surface area contributed by atoms with Crippen molar-refractivity contribution in [1.29, 1.82) is 0 Å². The number of halogens is 1. The van der Waals surface area contributed by atoms with Crippen LogP contribution in [-0.2, 0) is 0 Å². The van der Waals surface area contributed by atoms with E-state index in [0.717, 1.165) is 31.1 Å². The van der Waals surface area contributed by atoms with Gasteiger partial charge in [-0.25, -0.2) is 4.39 Å². The minimum atomic E-state index is -0.378. The van der Waals surface area contributed by atoms with Gasteiger partial charge in [0.05, 0.1) is 18.0 Å². The molecule has 0 bridgehead atoms. The molecule has 1 aromatic carbocycles. The fraction of sp³-hybridized carbons (Fsp3) is 0.600. The third kappa shape index (κ3) is 3.52. The van der Waals surface area contributed by atoms with Gasteiger partial charge in [-0.15, -0.1) is 0 Å². The molecule has 1 saturated carbocycles. The number of anilines is 2. The number of rotatable bonds is 7. The molecule has 3 nitrogen and oxygen atoms in total. The van der Waals surface area contributed by atoms with E-state index in [1.807, 2.05) is 6.92 Å². The molecule has 0 aromatic heterocycles. The first-order chi connectivity index (χ1) is 9.15. The highest BCUT2D eigenvalue weighted by Crippen LogP contribution is 2.35. The van der Waals surface area contributed by atoms with Crippen LogP contribution in [0.15, 0.2) is 12.1 Å². The van der Waals surface area contributed by atoms with Crippen LogP contribution >= 0.6 is 0 Å². The summed E-state index contributed by atoms with van der Waals surface area (Å²) in [6.45, 7) is 6.49. The molecule has 19 heavy (non-hydrogen) atoms. The van der Waals surface area contributed by atoms with E-state index in [9.17, 15) is 4.39 Å². The van der Waals surface area contributed by atoms with Gasteiger partial charge in [0.1, 0.15) is 0 Å². The predicted octanol–water partition coefficient (Wildman–Crippen LogP) is 3.43. The van der Waals surface area contributed by atoms with Crippen molar-refractivity contribution in [3.05, 3.63) is 17.9 Å². The first-order valence-corrected chi connectivity index (χ1v) is 7.12. The van der Waals surface area contributed by atoms with Gasteiger partial charge in [-0.05, 0) is 32.1 Å². The van der Waals surface area contributed by atoms with Gasteiger partial charge in [0, 0.05) is 25.2 Å². The van der Waals surface area contributed by atoms with E-state index < -0.39 is 0 Å². The molecule has 1 aliphatic rings. The van der Waals surface area contributed by atoms with Crippen LogP contribution in [0, 0.1) is 11.7 Å². The quantitative estimate of drug-likeness (QED) is 0.768.